The lowest BCUT2D eigenvalue weighted by Crippen LogP contribution is -2.52. The van der Waals surface area contributed by atoms with Gasteiger partial charge in [-0.1, -0.05) is 61.2 Å². The van der Waals surface area contributed by atoms with E-state index < -0.39 is 16.2 Å². The second-order valence-electron chi connectivity index (χ2n) is 8.65. The first kappa shape index (κ1) is 27.5. The van der Waals surface area contributed by atoms with Crippen LogP contribution in [0.15, 0.2) is 134 Å². The molecule has 1 heterocycles. The van der Waals surface area contributed by atoms with Crippen LogP contribution in [0.3, 0.4) is 0 Å². The molecular formula is C31H30N4O3S. The lowest BCUT2D eigenvalue weighted by atomic mass is 10.1. The molecule has 1 unspecified atom stereocenters. The van der Waals surface area contributed by atoms with Crippen LogP contribution in [0, 0.1) is 0 Å². The van der Waals surface area contributed by atoms with Gasteiger partial charge in [0.2, 0.25) is 10.0 Å². The second-order valence-corrected chi connectivity index (χ2v) is 10.5. The number of sulfonamides is 1. The maximum Gasteiger partial charge on any atom is 0.255 e. The normalized spacial score (nSPS) is 12.0. The number of para-hydroxylation sites is 1. The van der Waals surface area contributed by atoms with Crippen molar-refractivity contribution in [2.75, 3.05) is 18.4 Å². The Bertz CT molecular complexity index is 1580. The Kier molecular flexibility index (Phi) is 8.70. The Balaban J connectivity index is 1.62. The highest BCUT2D eigenvalue weighted by Crippen LogP contribution is 2.26. The van der Waals surface area contributed by atoms with Gasteiger partial charge >= 0.3 is 0 Å². The van der Waals surface area contributed by atoms with Gasteiger partial charge < -0.3 is 10.2 Å². The number of nitrogens with zero attached hydrogens (tertiary/aromatic N) is 3. The number of carbonyl (C=O) groups excluding carboxylic acids is 1. The molecule has 0 radical (unpaired) electrons. The average Bonchev–Trinajstić information content (AvgIpc) is 2.97. The van der Waals surface area contributed by atoms with Crippen LogP contribution in [0.2, 0.25) is 0 Å². The van der Waals surface area contributed by atoms with E-state index in [1.54, 1.807) is 54.7 Å². The summed E-state index contributed by atoms with van der Waals surface area (Å²) in [6.45, 7) is 11.4. The number of hydrogen-bond acceptors (Lipinski definition) is 5. The number of fused-ring (bicyclic) bond motifs is 1. The smallest absolute Gasteiger partial charge is 0.255 e. The summed E-state index contributed by atoms with van der Waals surface area (Å²) in [7, 11) is -3.97. The van der Waals surface area contributed by atoms with E-state index in [2.05, 4.69) is 30.0 Å². The minimum absolute atomic E-state index is 0.0163. The topological polar surface area (TPSA) is 82.6 Å². The van der Waals surface area contributed by atoms with Crippen LogP contribution in [0.4, 0.5) is 11.4 Å². The van der Waals surface area contributed by atoms with Crippen LogP contribution in [-0.4, -0.2) is 47.8 Å². The molecule has 0 fully saturated rings. The molecule has 0 saturated heterocycles. The quantitative estimate of drug-likeness (QED) is 0.177. The van der Waals surface area contributed by atoms with Crippen molar-refractivity contribution in [3.05, 3.63) is 135 Å². The third-order valence-electron chi connectivity index (χ3n) is 6.13. The molecule has 0 bridgehead atoms. The standard InChI is InChI=1S/C31H30N4O3S/c1-4-22-34(30(6-3)35(23-5-2)39(37,38)26-12-8-7-9-13-26)31(36)24-16-18-25(19-17-24)33-29-20-21-32-28-15-11-10-14-27(28)29/h4-21,30H,1-3,22-23H2,(H,32,33). The van der Waals surface area contributed by atoms with E-state index in [0.29, 0.717) is 5.56 Å². The van der Waals surface area contributed by atoms with Gasteiger partial charge in [0.1, 0.15) is 6.17 Å². The second kappa shape index (κ2) is 12.3. The predicted molar refractivity (Wildman–Crippen MR) is 157 cm³/mol. The number of pyridine rings is 1. The molecule has 7 nitrogen and oxygen atoms in total. The van der Waals surface area contributed by atoms with E-state index in [1.165, 1.54) is 33.5 Å². The molecule has 0 aliphatic heterocycles. The number of nitrogens with one attached hydrogen (secondary N) is 1. The number of amides is 1. The number of benzene rings is 3. The van der Waals surface area contributed by atoms with E-state index in [0.717, 1.165) is 22.3 Å². The first-order chi connectivity index (χ1) is 18.9. The zero-order chi connectivity index (χ0) is 27.8. The first-order valence-corrected chi connectivity index (χ1v) is 13.8. The number of rotatable bonds is 12. The Morgan fingerprint density at radius 2 is 1.54 bits per heavy atom. The fourth-order valence-corrected chi connectivity index (χ4v) is 5.83. The SMILES string of the molecule is C=CCN(C(=O)c1ccc(Nc2ccnc3ccccc23)cc1)C(C=C)N(CC=C)S(=O)(=O)c1ccccc1. The Hall–Kier alpha value is -4.53. The molecule has 4 aromatic rings. The van der Waals surface area contributed by atoms with Crippen molar-refractivity contribution in [2.45, 2.75) is 11.1 Å². The van der Waals surface area contributed by atoms with Crippen molar-refractivity contribution in [1.29, 1.82) is 0 Å². The summed E-state index contributed by atoms with van der Waals surface area (Å²) in [6, 6.07) is 24.8. The Morgan fingerprint density at radius 1 is 0.872 bits per heavy atom. The molecule has 0 aliphatic rings. The van der Waals surface area contributed by atoms with Crippen LogP contribution >= 0.6 is 0 Å². The van der Waals surface area contributed by atoms with Gasteiger partial charge in [-0.2, -0.15) is 4.31 Å². The van der Waals surface area contributed by atoms with E-state index in [9.17, 15) is 13.2 Å². The largest absolute Gasteiger partial charge is 0.355 e. The lowest BCUT2D eigenvalue weighted by Gasteiger charge is -2.36. The highest BCUT2D eigenvalue weighted by molar-refractivity contribution is 7.89. The monoisotopic (exact) mass is 538 g/mol. The molecule has 8 heteroatoms. The summed E-state index contributed by atoms with van der Waals surface area (Å²) < 4.78 is 28.3. The van der Waals surface area contributed by atoms with Crippen molar-refractivity contribution < 1.29 is 13.2 Å². The third-order valence-corrected chi connectivity index (χ3v) is 7.98. The van der Waals surface area contributed by atoms with Gasteiger partial charge in [0, 0.05) is 41.6 Å². The van der Waals surface area contributed by atoms with Crippen LogP contribution in [0.1, 0.15) is 10.4 Å². The Morgan fingerprint density at radius 3 is 2.21 bits per heavy atom. The summed E-state index contributed by atoms with van der Waals surface area (Å²) in [5.41, 5.74) is 2.95. The number of hydrogen-bond donors (Lipinski definition) is 1. The van der Waals surface area contributed by atoms with Gasteiger partial charge in [-0.05, 0) is 48.5 Å². The van der Waals surface area contributed by atoms with Crippen LogP contribution in [-0.2, 0) is 10.0 Å². The van der Waals surface area contributed by atoms with Crippen molar-refractivity contribution in [2.24, 2.45) is 0 Å². The molecule has 0 spiro atoms. The highest BCUT2D eigenvalue weighted by Gasteiger charge is 2.34. The van der Waals surface area contributed by atoms with Crippen molar-refractivity contribution in [3.8, 4) is 0 Å². The molecule has 1 atom stereocenters. The van der Waals surface area contributed by atoms with Gasteiger partial charge in [-0.3, -0.25) is 9.78 Å². The zero-order valence-electron chi connectivity index (χ0n) is 21.5. The van der Waals surface area contributed by atoms with E-state index >= 15 is 0 Å². The van der Waals surface area contributed by atoms with Crippen LogP contribution in [0.5, 0.6) is 0 Å². The van der Waals surface area contributed by atoms with Gasteiger partial charge in [0.25, 0.3) is 5.91 Å². The molecular weight excluding hydrogens is 508 g/mol. The molecule has 4 rings (SSSR count). The number of anilines is 2. The average molecular weight is 539 g/mol. The van der Waals surface area contributed by atoms with Gasteiger partial charge in [-0.15, -0.1) is 13.2 Å². The summed E-state index contributed by atoms with van der Waals surface area (Å²) >= 11 is 0. The summed E-state index contributed by atoms with van der Waals surface area (Å²) in [6.07, 6.45) is 5.25. The van der Waals surface area contributed by atoms with Crippen LogP contribution < -0.4 is 5.32 Å². The van der Waals surface area contributed by atoms with E-state index in [-0.39, 0.29) is 23.9 Å². The Labute approximate surface area is 229 Å². The maximum atomic E-state index is 13.7. The number of aromatic nitrogens is 1. The van der Waals surface area contributed by atoms with Crippen LogP contribution in [0.25, 0.3) is 10.9 Å². The van der Waals surface area contributed by atoms with Gasteiger partial charge in [-0.25, -0.2) is 8.42 Å². The molecule has 1 N–H and O–H groups in total. The molecule has 1 aromatic heterocycles. The fraction of sp³-hybridized carbons (Fsp3) is 0.0968. The lowest BCUT2D eigenvalue weighted by molar-refractivity contribution is 0.0645. The minimum atomic E-state index is -3.97. The minimum Gasteiger partial charge on any atom is -0.355 e. The molecule has 0 saturated carbocycles. The molecule has 3 aromatic carbocycles. The maximum absolute atomic E-state index is 13.7. The third kappa shape index (κ3) is 5.98. The molecule has 198 valence electrons. The number of carbonyl (C=O) groups is 1. The summed E-state index contributed by atoms with van der Waals surface area (Å²) in [4.78, 5) is 19.6. The summed E-state index contributed by atoms with van der Waals surface area (Å²) in [5.74, 6) is -0.363. The van der Waals surface area contributed by atoms with E-state index in [1.807, 2.05) is 30.3 Å². The van der Waals surface area contributed by atoms with E-state index in [4.69, 9.17) is 0 Å². The van der Waals surface area contributed by atoms with Gasteiger partial charge in [0.05, 0.1) is 10.4 Å². The van der Waals surface area contributed by atoms with Crippen molar-refractivity contribution in [1.82, 2.24) is 14.2 Å². The predicted octanol–water partition coefficient (Wildman–Crippen LogP) is 6.00. The van der Waals surface area contributed by atoms with Crippen molar-refractivity contribution >= 4 is 38.2 Å². The fourth-order valence-electron chi connectivity index (χ4n) is 4.28. The highest BCUT2D eigenvalue weighted by atomic mass is 32.2. The molecule has 39 heavy (non-hydrogen) atoms. The van der Waals surface area contributed by atoms with Gasteiger partial charge in [0.15, 0.2) is 0 Å². The first-order valence-electron chi connectivity index (χ1n) is 12.3. The zero-order valence-corrected chi connectivity index (χ0v) is 22.3. The molecule has 1 amide bonds. The molecule has 0 aliphatic carbocycles. The summed E-state index contributed by atoms with van der Waals surface area (Å²) in [5, 5.41) is 4.36. The van der Waals surface area contributed by atoms with Crippen molar-refractivity contribution in [3.63, 3.8) is 0 Å².